The number of H-pyrrole nitrogens is 1. The summed E-state index contributed by atoms with van der Waals surface area (Å²) in [5, 5.41) is 3.20. The molecule has 2 N–H and O–H groups in total. The Kier molecular flexibility index (Phi) is 6.36. The summed E-state index contributed by atoms with van der Waals surface area (Å²) >= 11 is 5.86. The van der Waals surface area contributed by atoms with Crippen molar-refractivity contribution < 1.29 is 27.5 Å². The van der Waals surface area contributed by atoms with Crippen molar-refractivity contribution in [2.24, 2.45) is 0 Å². The molecular weight excluding hydrogens is 421 g/mol. The Labute approximate surface area is 175 Å². The minimum absolute atomic E-state index is 0.0454. The second-order valence-electron chi connectivity index (χ2n) is 6.67. The fourth-order valence-corrected chi connectivity index (χ4v) is 3.08. The molecule has 30 heavy (non-hydrogen) atoms. The van der Waals surface area contributed by atoms with E-state index in [0.717, 1.165) is 34.7 Å². The summed E-state index contributed by atoms with van der Waals surface area (Å²) < 4.78 is 43.6. The molecule has 9 heteroatoms. The van der Waals surface area contributed by atoms with Crippen molar-refractivity contribution in [2.75, 3.05) is 5.32 Å². The number of ether oxygens (including phenoxy) is 1. The number of hydrogen-bond acceptors (Lipinski definition) is 3. The van der Waals surface area contributed by atoms with Crippen LogP contribution in [0.2, 0.25) is 5.02 Å². The molecular formula is C21H18ClF3N2O3. The first-order chi connectivity index (χ1) is 14.1. The molecule has 0 fully saturated rings. The van der Waals surface area contributed by atoms with Crippen LogP contribution in [0.4, 0.5) is 18.9 Å². The largest absolute Gasteiger partial charge is 0.453 e. The first-order valence-electron chi connectivity index (χ1n) is 9.07. The van der Waals surface area contributed by atoms with E-state index >= 15 is 0 Å². The van der Waals surface area contributed by atoms with E-state index in [-0.39, 0.29) is 17.1 Å². The number of hydrogen-bond donors (Lipinski definition) is 2. The molecule has 3 rings (SSSR count). The molecule has 0 spiro atoms. The second kappa shape index (κ2) is 8.79. The van der Waals surface area contributed by atoms with Gasteiger partial charge in [-0.1, -0.05) is 29.8 Å². The Morgan fingerprint density at radius 3 is 2.67 bits per heavy atom. The first-order valence-corrected chi connectivity index (χ1v) is 9.45. The van der Waals surface area contributed by atoms with Crippen LogP contribution in [0.3, 0.4) is 0 Å². The highest BCUT2D eigenvalue weighted by Gasteiger charge is 2.31. The summed E-state index contributed by atoms with van der Waals surface area (Å²) in [5.74, 6) is -1.38. The van der Waals surface area contributed by atoms with Gasteiger partial charge in [0.2, 0.25) is 0 Å². The third-order valence-corrected chi connectivity index (χ3v) is 4.83. The number of nitrogens with one attached hydrogen (secondary N) is 2. The van der Waals surface area contributed by atoms with Gasteiger partial charge in [0.15, 0.2) is 6.10 Å². The number of alkyl halides is 3. The van der Waals surface area contributed by atoms with Gasteiger partial charge in [-0.2, -0.15) is 13.2 Å². The number of rotatable bonds is 6. The molecule has 1 heterocycles. The van der Waals surface area contributed by atoms with E-state index in [1.807, 2.05) is 30.5 Å². The van der Waals surface area contributed by atoms with E-state index in [4.69, 9.17) is 16.3 Å². The summed E-state index contributed by atoms with van der Waals surface area (Å²) in [6.07, 6.45) is -3.51. The van der Waals surface area contributed by atoms with Crippen LogP contribution in [0.5, 0.6) is 0 Å². The molecule has 0 radical (unpaired) electrons. The van der Waals surface area contributed by atoms with Crippen molar-refractivity contribution in [3.8, 4) is 0 Å². The lowest BCUT2D eigenvalue weighted by Gasteiger charge is -2.15. The van der Waals surface area contributed by atoms with Gasteiger partial charge < -0.3 is 15.0 Å². The van der Waals surface area contributed by atoms with Crippen molar-refractivity contribution in [1.82, 2.24) is 4.98 Å². The first kappa shape index (κ1) is 21.7. The van der Waals surface area contributed by atoms with Crippen LogP contribution < -0.4 is 5.32 Å². The summed E-state index contributed by atoms with van der Waals surface area (Å²) in [6.45, 7) is 1.33. The number of esters is 1. The van der Waals surface area contributed by atoms with Gasteiger partial charge in [0.25, 0.3) is 5.91 Å². The number of amides is 1. The number of fused-ring (bicyclic) bond motifs is 1. The molecule has 0 aliphatic carbocycles. The van der Waals surface area contributed by atoms with Crippen LogP contribution in [0, 0.1) is 0 Å². The van der Waals surface area contributed by atoms with Gasteiger partial charge in [-0.15, -0.1) is 0 Å². The van der Waals surface area contributed by atoms with E-state index < -0.39 is 29.7 Å². The zero-order valence-electron chi connectivity index (χ0n) is 15.8. The maximum Gasteiger partial charge on any atom is 0.416 e. The molecule has 1 aromatic heterocycles. The van der Waals surface area contributed by atoms with Gasteiger partial charge >= 0.3 is 12.1 Å². The minimum Gasteiger partial charge on any atom is -0.453 e. The minimum atomic E-state index is -4.58. The Morgan fingerprint density at radius 1 is 1.20 bits per heavy atom. The fourth-order valence-electron chi connectivity index (χ4n) is 2.92. The zero-order valence-corrected chi connectivity index (χ0v) is 16.6. The summed E-state index contributed by atoms with van der Waals surface area (Å²) in [7, 11) is 0. The lowest BCUT2D eigenvalue weighted by Crippen LogP contribution is -2.30. The molecule has 158 valence electrons. The lowest BCUT2D eigenvalue weighted by molar-refractivity contribution is -0.153. The van der Waals surface area contributed by atoms with Crippen LogP contribution >= 0.6 is 11.6 Å². The molecule has 0 bridgehead atoms. The van der Waals surface area contributed by atoms with E-state index in [9.17, 15) is 22.8 Å². The molecule has 2 aromatic carbocycles. The fraction of sp³-hybridized carbons (Fsp3) is 0.238. The van der Waals surface area contributed by atoms with E-state index in [1.54, 1.807) is 0 Å². The van der Waals surface area contributed by atoms with Crippen molar-refractivity contribution in [3.05, 3.63) is 64.8 Å². The highest BCUT2D eigenvalue weighted by molar-refractivity contribution is 6.33. The molecule has 1 atom stereocenters. The van der Waals surface area contributed by atoms with Crippen molar-refractivity contribution >= 4 is 40.1 Å². The average Bonchev–Trinajstić information content (AvgIpc) is 3.10. The summed E-state index contributed by atoms with van der Waals surface area (Å²) in [5.41, 5.74) is 0.728. The number of carbonyl (C=O) groups is 2. The Morgan fingerprint density at radius 2 is 1.93 bits per heavy atom. The number of para-hydroxylation sites is 1. The zero-order chi connectivity index (χ0) is 21.9. The molecule has 1 amide bonds. The second-order valence-corrected chi connectivity index (χ2v) is 7.08. The van der Waals surface area contributed by atoms with Crippen LogP contribution in [-0.2, 0) is 26.9 Å². The predicted molar refractivity (Wildman–Crippen MR) is 107 cm³/mol. The predicted octanol–water partition coefficient (Wildman–Crippen LogP) is 5.34. The third kappa shape index (κ3) is 5.13. The lowest BCUT2D eigenvalue weighted by atomic mass is 10.1. The topological polar surface area (TPSA) is 71.2 Å². The standard InChI is InChI=1S/C21H18ClF3N2O3/c1-12(20(29)27-18-10-14(21(23,24)25)7-8-16(18)22)30-19(28)9-6-13-11-26-17-5-3-2-4-15(13)17/h2-5,7-8,10-12,26H,6,9H2,1H3,(H,27,29)/t12-/m0/s1. The number of carbonyl (C=O) groups excluding carboxylic acids is 2. The van der Waals surface area contributed by atoms with Gasteiger partial charge in [-0.05, 0) is 43.2 Å². The van der Waals surface area contributed by atoms with Gasteiger partial charge in [-0.3, -0.25) is 9.59 Å². The van der Waals surface area contributed by atoms with Crippen LogP contribution in [-0.4, -0.2) is 23.0 Å². The van der Waals surface area contributed by atoms with E-state index in [1.165, 1.54) is 6.92 Å². The van der Waals surface area contributed by atoms with Gasteiger partial charge in [0, 0.05) is 23.5 Å². The van der Waals surface area contributed by atoms with Crippen molar-refractivity contribution in [2.45, 2.75) is 32.0 Å². The smallest absolute Gasteiger partial charge is 0.416 e. The maximum absolute atomic E-state index is 12.8. The normalized spacial score (nSPS) is 12.6. The number of halogens is 4. The number of aromatic amines is 1. The van der Waals surface area contributed by atoms with Crippen LogP contribution in [0.15, 0.2) is 48.7 Å². The van der Waals surface area contributed by atoms with Crippen molar-refractivity contribution in [1.29, 1.82) is 0 Å². The SMILES string of the molecule is C[C@H](OC(=O)CCc1c[nH]c2ccccc12)C(=O)Nc1cc(C(F)(F)F)ccc1Cl. The van der Waals surface area contributed by atoms with Gasteiger partial charge in [0.05, 0.1) is 16.3 Å². The number of anilines is 1. The summed E-state index contributed by atoms with van der Waals surface area (Å²) in [4.78, 5) is 27.5. The maximum atomic E-state index is 12.8. The van der Waals surface area contributed by atoms with E-state index in [0.29, 0.717) is 6.42 Å². The molecule has 0 unspecified atom stereocenters. The van der Waals surface area contributed by atoms with Crippen molar-refractivity contribution in [3.63, 3.8) is 0 Å². The van der Waals surface area contributed by atoms with Crippen LogP contribution in [0.25, 0.3) is 10.9 Å². The monoisotopic (exact) mass is 438 g/mol. The Balaban J connectivity index is 1.57. The molecule has 0 saturated carbocycles. The quantitative estimate of drug-likeness (QED) is 0.510. The molecule has 5 nitrogen and oxygen atoms in total. The Bertz CT molecular complexity index is 1080. The molecule has 0 aliphatic rings. The Hall–Kier alpha value is -3.00. The number of aromatic nitrogens is 1. The van der Waals surface area contributed by atoms with Gasteiger partial charge in [0.1, 0.15) is 0 Å². The molecule has 3 aromatic rings. The van der Waals surface area contributed by atoms with Crippen LogP contribution in [0.1, 0.15) is 24.5 Å². The summed E-state index contributed by atoms with van der Waals surface area (Å²) in [6, 6.07) is 10.2. The molecule has 0 aliphatic heterocycles. The third-order valence-electron chi connectivity index (χ3n) is 4.50. The highest BCUT2D eigenvalue weighted by Crippen LogP contribution is 2.33. The number of aryl methyl sites for hydroxylation is 1. The highest BCUT2D eigenvalue weighted by atomic mass is 35.5. The molecule has 0 saturated heterocycles. The van der Waals surface area contributed by atoms with E-state index in [2.05, 4.69) is 10.3 Å². The number of benzene rings is 2. The van der Waals surface area contributed by atoms with Gasteiger partial charge in [-0.25, -0.2) is 0 Å². The average molecular weight is 439 g/mol.